The van der Waals surface area contributed by atoms with Gasteiger partial charge in [0.15, 0.2) is 0 Å². The number of aromatic nitrogens is 2. The molecule has 1 amide bonds. The molecule has 5 rings (SSSR count). The van der Waals surface area contributed by atoms with Crippen LogP contribution in [0.2, 0.25) is 0 Å². The largest absolute Gasteiger partial charge is 0.317 e. The first-order valence-corrected chi connectivity index (χ1v) is 10.4. The Balaban J connectivity index is 0.00000192. The average molecular weight is 401 g/mol. The van der Waals surface area contributed by atoms with Crippen molar-refractivity contribution >= 4 is 24.1 Å². The summed E-state index contributed by atoms with van der Waals surface area (Å²) in [5.41, 5.74) is 2.38. The highest BCUT2D eigenvalue weighted by molar-refractivity contribution is 5.94. The second kappa shape index (κ2) is 7.88. The molecule has 1 aromatic carbocycles. The van der Waals surface area contributed by atoms with E-state index in [1.165, 1.54) is 25.7 Å². The van der Waals surface area contributed by atoms with Crippen molar-refractivity contribution in [2.45, 2.75) is 50.9 Å². The maximum Gasteiger partial charge on any atom is 0.229 e. The molecule has 1 saturated heterocycles. The lowest BCUT2D eigenvalue weighted by Crippen LogP contribution is -2.31. The van der Waals surface area contributed by atoms with E-state index in [4.69, 9.17) is 5.10 Å². The number of anilines is 1. The topological polar surface area (TPSA) is 59.0 Å². The summed E-state index contributed by atoms with van der Waals surface area (Å²) in [4.78, 5) is 13.0. The van der Waals surface area contributed by atoms with Gasteiger partial charge >= 0.3 is 0 Å². The summed E-state index contributed by atoms with van der Waals surface area (Å²) in [5, 5.41) is 11.5. The molecule has 3 fully saturated rings. The molecule has 0 radical (unpaired) electrons. The van der Waals surface area contributed by atoms with Crippen molar-refractivity contribution in [1.29, 1.82) is 0 Å². The van der Waals surface area contributed by atoms with Gasteiger partial charge < -0.3 is 10.6 Å². The van der Waals surface area contributed by atoms with Crippen LogP contribution < -0.4 is 10.6 Å². The van der Waals surface area contributed by atoms with Crippen LogP contribution in [0, 0.1) is 11.3 Å². The molecule has 150 valence electrons. The molecule has 0 bridgehead atoms. The van der Waals surface area contributed by atoms with E-state index in [0.29, 0.717) is 5.92 Å². The van der Waals surface area contributed by atoms with E-state index in [9.17, 15) is 4.79 Å². The summed E-state index contributed by atoms with van der Waals surface area (Å²) in [6, 6.07) is 12.2. The van der Waals surface area contributed by atoms with E-state index >= 15 is 0 Å². The number of hydrogen-bond donors (Lipinski definition) is 2. The van der Waals surface area contributed by atoms with Gasteiger partial charge in [-0.3, -0.25) is 4.79 Å². The van der Waals surface area contributed by atoms with Crippen molar-refractivity contribution < 1.29 is 4.79 Å². The number of benzene rings is 1. The fourth-order valence-corrected chi connectivity index (χ4v) is 5.08. The minimum atomic E-state index is 0. The monoisotopic (exact) mass is 400 g/mol. The zero-order valence-electron chi connectivity index (χ0n) is 16.2. The molecule has 2 aliphatic carbocycles. The molecule has 2 N–H and O–H groups in total. The van der Waals surface area contributed by atoms with E-state index in [1.807, 2.05) is 35.0 Å². The third kappa shape index (κ3) is 3.58. The second-order valence-corrected chi connectivity index (χ2v) is 8.54. The van der Waals surface area contributed by atoms with Gasteiger partial charge in [0.25, 0.3) is 0 Å². The molecule has 28 heavy (non-hydrogen) atoms. The van der Waals surface area contributed by atoms with Gasteiger partial charge in [0.05, 0.1) is 11.4 Å². The summed E-state index contributed by atoms with van der Waals surface area (Å²) in [7, 11) is 0. The highest BCUT2D eigenvalue weighted by atomic mass is 35.5. The minimum Gasteiger partial charge on any atom is -0.317 e. The Morgan fingerprint density at radius 2 is 1.86 bits per heavy atom. The van der Waals surface area contributed by atoms with Gasteiger partial charge in [-0.25, -0.2) is 4.68 Å². The summed E-state index contributed by atoms with van der Waals surface area (Å²) in [6.07, 6.45) is 8.25. The molecule has 1 aromatic heterocycles. The zero-order chi connectivity index (χ0) is 18.3. The molecule has 2 heterocycles. The Kier molecular flexibility index (Phi) is 5.48. The first kappa shape index (κ1) is 19.5. The number of nitrogens with zero attached hydrogens (tertiary/aromatic N) is 2. The Morgan fingerprint density at radius 1 is 1.14 bits per heavy atom. The molecular weight excluding hydrogens is 372 g/mol. The number of amides is 1. The van der Waals surface area contributed by atoms with Gasteiger partial charge in [0.2, 0.25) is 5.91 Å². The van der Waals surface area contributed by atoms with Gasteiger partial charge in [-0.05, 0) is 62.7 Å². The van der Waals surface area contributed by atoms with E-state index in [0.717, 1.165) is 49.6 Å². The third-order valence-corrected chi connectivity index (χ3v) is 6.86. The Morgan fingerprint density at radius 3 is 2.57 bits per heavy atom. The summed E-state index contributed by atoms with van der Waals surface area (Å²) < 4.78 is 1.92. The normalized spacial score (nSPS) is 23.4. The number of carbonyl (C=O) groups excluding carboxylic acids is 1. The molecule has 5 nitrogen and oxygen atoms in total. The van der Waals surface area contributed by atoms with Crippen LogP contribution in [0.15, 0.2) is 36.4 Å². The van der Waals surface area contributed by atoms with Gasteiger partial charge in [0, 0.05) is 17.9 Å². The van der Waals surface area contributed by atoms with Crippen molar-refractivity contribution in [2.24, 2.45) is 11.3 Å². The maximum atomic E-state index is 13.0. The standard InChI is InChI=1S/C22H28N4O.ClH/c27-21(18-15-22(18)10-12-23-13-11-22)24-20-14-19(16-6-4-5-7-16)25-26(20)17-8-2-1-3-9-17;/h1-3,8-9,14,16,18,23H,4-7,10-13,15H2,(H,24,27);1H. The van der Waals surface area contributed by atoms with Gasteiger partial charge in [0.1, 0.15) is 5.82 Å². The molecule has 2 saturated carbocycles. The summed E-state index contributed by atoms with van der Waals surface area (Å²) >= 11 is 0. The quantitative estimate of drug-likeness (QED) is 0.805. The van der Waals surface area contributed by atoms with Gasteiger partial charge in [-0.15, -0.1) is 12.4 Å². The van der Waals surface area contributed by atoms with Crippen LogP contribution in [0.4, 0.5) is 5.82 Å². The number of nitrogens with one attached hydrogen (secondary N) is 2. The van der Waals surface area contributed by atoms with Crippen LogP contribution in [0.1, 0.15) is 56.6 Å². The smallest absolute Gasteiger partial charge is 0.229 e. The lowest BCUT2D eigenvalue weighted by molar-refractivity contribution is -0.118. The SMILES string of the molecule is Cl.O=C(Nc1cc(C2CCCC2)nn1-c1ccccc1)C1CC12CCNCC2. The minimum absolute atomic E-state index is 0. The first-order valence-electron chi connectivity index (χ1n) is 10.4. The van der Waals surface area contributed by atoms with Crippen molar-refractivity contribution in [2.75, 3.05) is 18.4 Å². The lowest BCUT2D eigenvalue weighted by Gasteiger charge is -2.23. The van der Waals surface area contributed by atoms with Gasteiger partial charge in [-0.2, -0.15) is 5.10 Å². The van der Waals surface area contributed by atoms with Crippen LogP contribution in [-0.4, -0.2) is 28.8 Å². The van der Waals surface area contributed by atoms with E-state index in [2.05, 4.69) is 16.7 Å². The molecular formula is C22H29ClN4O. The van der Waals surface area contributed by atoms with Crippen LogP contribution in [-0.2, 0) is 4.79 Å². The van der Waals surface area contributed by atoms with Crippen LogP contribution >= 0.6 is 12.4 Å². The van der Waals surface area contributed by atoms with Crippen molar-refractivity contribution in [3.05, 3.63) is 42.1 Å². The molecule has 1 spiro atoms. The van der Waals surface area contributed by atoms with Gasteiger partial charge in [-0.1, -0.05) is 31.0 Å². The highest BCUT2D eigenvalue weighted by Gasteiger charge is 2.57. The van der Waals surface area contributed by atoms with E-state index in [1.54, 1.807) is 0 Å². The number of hydrogen-bond acceptors (Lipinski definition) is 3. The number of carbonyl (C=O) groups is 1. The predicted molar refractivity (Wildman–Crippen MR) is 113 cm³/mol. The first-order chi connectivity index (χ1) is 13.3. The third-order valence-electron chi connectivity index (χ3n) is 6.86. The Labute approximate surface area is 172 Å². The molecule has 1 aliphatic heterocycles. The molecule has 3 aliphatic rings. The predicted octanol–water partition coefficient (Wildman–Crippen LogP) is 4.28. The summed E-state index contributed by atoms with van der Waals surface area (Å²) in [6.45, 7) is 2.08. The molecule has 2 aromatic rings. The molecule has 1 atom stereocenters. The van der Waals surface area contributed by atoms with Crippen molar-refractivity contribution in [3.63, 3.8) is 0 Å². The number of piperidine rings is 1. The fourth-order valence-electron chi connectivity index (χ4n) is 5.08. The number of halogens is 1. The van der Waals surface area contributed by atoms with E-state index < -0.39 is 0 Å². The van der Waals surface area contributed by atoms with E-state index in [-0.39, 0.29) is 29.6 Å². The van der Waals surface area contributed by atoms with Crippen LogP contribution in [0.5, 0.6) is 0 Å². The maximum absolute atomic E-state index is 13.0. The van der Waals surface area contributed by atoms with Crippen molar-refractivity contribution in [3.8, 4) is 5.69 Å². The van der Waals surface area contributed by atoms with Crippen LogP contribution in [0.3, 0.4) is 0 Å². The molecule has 1 unspecified atom stereocenters. The Bertz CT molecular complexity index is 822. The Hall–Kier alpha value is -1.85. The van der Waals surface area contributed by atoms with Crippen LogP contribution in [0.25, 0.3) is 5.69 Å². The highest BCUT2D eigenvalue weighted by Crippen LogP contribution is 2.58. The fraction of sp³-hybridized carbons (Fsp3) is 0.545. The lowest BCUT2D eigenvalue weighted by atomic mass is 9.92. The average Bonchev–Trinajstić information content (AvgIpc) is 3.08. The number of rotatable bonds is 4. The molecule has 6 heteroatoms. The zero-order valence-corrected chi connectivity index (χ0v) is 17.0. The van der Waals surface area contributed by atoms with Crippen molar-refractivity contribution in [1.82, 2.24) is 15.1 Å². The second-order valence-electron chi connectivity index (χ2n) is 8.54. The summed E-state index contributed by atoms with van der Waals surface area (Å²) in [5.74, 6) is 1.69. The number of para-hydroxylation sites is 1.